The number of anilines is 1. The van der Waals surface area contributed by atoms with Gasteiger partial charge in [0.05, 0.1) is 22.9 Å². The molecule has 1 N–H and O–H groups in total. The van der Waals surface area contributed by atoms with Gasteiger partial charge in [0.1, 0.15) is 5.75 Å². The molecular weight excluding hydrogens is 302 g/mol. The lowest BCUT2D eigenvalue weighted by Gasteiger charge is -2.11. The van der Waals surface area contributed by atoms with Crippen molar-refractivity contribution in [2.75, 3.05) is 11.0 Å². The standard InChI is InChI=1S/C13H12N2O5S/c1-21(18,19)14-12-8-7-10(15(16)17)9-13(12)20-11-5-3-2-4-6-11/h2-9,14H,1H3/i2+1,3+1,4+1,5+1,6+1,11+1. The zero-order valence-electron chi connectivity index (χ0n) is 11.0. The summed E-state index contributed by atoms with van der Waals surface area (Å²) >= 11 is 0. The molecule has 0 aliphatic carbocycles. The molecule has 0 saturated heterocycles. The molecule has 0 unspecified atom stereocenters. The summed E-state index contributed by atoms with van der Waals surface area (Å²) in [4.78, 5) is 10.2. The fourth-order valence-electron chi connectivity index (χ4n) is 1.61. The molecule has 8 heteroatoms. The maximum absolute atomic E-state index is 11.3. The van der Waals surface area contributed by atoms with Crippen molar-refractivity contribution in [3.05, 3.63) is 58.6 Å². The van der Waals surface area contributed by atoms with Gasteiger partial charge in [-0.15, -0.1) is 0 Å². The second-order valence-corrected chi connectivity index (χ2v) is 5.98. The minimum absolute atomic E-state index is 0.0563. The Labute approximate surface area is 121 Å². The van der Waals surface area contributed by atoms with Crippen LogP contribution in [0.3, 0.4) is 0 Å². The van der Waals surface area contributed by atoms with Gasteiger partial charge in [-0.2, -0.15) is 0 Å². The predicted octanol–water partition coefficient (Wildman–Crippen LogP) is 2.76. The predicted molar refractivity (Wildman–Crippen MR) is 78.1 cm³/mol. The Balaban J connectivity index is 2.43. The fraction of sp³-hybridized carbons (Fsp3) is 0.0769. The van der Waals surface area contributed by atoms with Gasteiger partial charge in [-0.05, 0) is 18.2 Å². The van der Waals surface area contributed by atoms with Gasteiger partial charge in [0.25, 0.3) is 5.69 Å². The quantitative estimate of drug-likeness (QED) is 0.676. The van der Waals surface area contributed by atoms with E-state index in [1.54, 1.807) is 30.3 Å². The highest BCUT2D eigenvalue weighted by Crippen LogP contribution is 2.33. The van der Waals surface area contributed by atoms with Gasteiger partial charge in [0, 0.05) is 6.07 Å². The van der Waals surface area contributed by atoms with Crippen LogP contribution in [0.25, 0.3) is 0 Å². The first-order valence-corrected chi connectivity index (χ1v) is 7.73. The number of ether oxygens (including phenoxy) is 1. The van der Waals surface area contributed by atoms with Crippen molar-refractivity contribution in [2.45, 2.75) is 0 Å². The molecule has 0 aliphatic heterocycles. The van der Waals surface area contributed by atoms with Crippen LogP contribution in [0.5, 0.6) is 11.5 Å². The summed E-state index contributed by atoms with van der Waals surface area (Å²) in [7, 11) is -3.52. The molecule has 2 aromatic carbocycles. The molecular formula is C13H12N2O5S. The Kier molecular flexibility index (Phi) is 4.08. The van der Waals surface area contributed by atoms with Crippen LogP contribution in [0.4, 0.5) is 11.4 Å². The van der Waals surface area contributed by atoms with Crippen molar-refractivity contribution in [2.24, 2.45) is 0 Å². The molecule has 0 fully saturated rings. The van der Waals surface area contributed by atoms with E-state index in [0.717, 1.165) is 6.26 Å². The number of para-hydroxylation sites is 1. The molecule has 0 heterocycles. The number of nitro benzene ring substituents is 1. The van der Waals surface area contributed by atoms with E-state index in [0.29, 0.717) is 5.75 Å². The second kappa shape index (κ2) is 5.80. The summed E-state index contributed by atoms with van der Waals surface area (Å²) in [6.45, 7) is 0. The van der Waals surface area contributed by atoms with Gasteiger partial charge in [-0.3, -0.25) is 14.8 Å². The van der Waals surface area contributed by atoms with Crippen LogP contribution >= 0.6 is 0 Å². The van der Waals surface area contributed by atoms with E-state index < -0.39 is 14.9 Å². The molecule has 0 aromatic heterocycles. The van der Waals surface area contributed by atoms with Gasteiger partial charge in [-0.1, -0.05) is 18.2 Å². The SMILES string of the molecule is CS(=O)(=O)Nc1ccc([N+](=O)[O-])cc1O[13c]1[13cH][13cH][13cH][13cH][13cH]1. The highest BCUT2D eigenvalue weighted by atomic mass is 32.2. The first-order chi connectivity index (χ1) is 9.85. The Hall–Kier alpha value is -2.61. The van der Waals surface area contributed by atoms with E-state index in [2.05, 4.69) is 4.72 Å². The summed E-state index contributed by atoms with van der Waals surface area (Å²) in [5.74, 6) is 0.496. The average molecular weight is 314 g/mol. The summed E-state index contributed by atoms with van der Waals surface area (Å²) in [5.41, 5.74) is -0.0630. The van der Waals surface area contributed by atoms with Gasteiger partial charge < -0.3 is 4.74 Å². The molecule has 7 nitrogen and oxygen atoms in total. The maximum atomic E-state index is 11.3. The second-order valence-electron chi connectivity index (χ2n) is 4.23. The minimum atomic E-state index is -3.52. The van der Waals surface area contributed by atoms with Crippen LogP contribution in [-0.2, 0) is 10.0 Å². The van der Waals surface area contributed by atoms with Crippen molar-refractivity contribution in [1.82, 2.24) is 0 Å². The molecule has 0 radical (unpaired) electrons. The van der Waals surface area contributed by atoms with E-state index >= 15 is 0 Å². The van der Waals surface area contributed by atoms with Crippen molar-refractivity contribution < 1.29 is 18.1 Å². The largest absolute Gasteiger partial charge is 0.455 e. The molecule has 21 heavy (non-hydrogen) atoms. The number of hydrogen-bond donors (Lipinski definition) is 1. The average Bonchev–Trinajstić information content (AvgIpc) is 2.40. The van der Waals surface area contributed by atoms with Crippen molar-refractivity contribution >= 4 is 21.4 Å². The maximum Gasteiger partial charge on any atom is 0.273 e. The number of nitrogens with zero attached hydrogens (tertiary/aromatic N) is 1. The normalized spacial score (nSPS) is 10.9. The lowest BCUT2D eigenvalue weighted by molar-refractivity contribution is -0.384. The molecule has 0 saturated carbocycles. The fourth-order valence-corrected chi connectivity index (χ4v) is 2.18. The van der Waals surface area contributed by atoms with E-state index in [1.165, 1.54) is 18.2 Å². The van der Waals surface area contributed by atoms with Gasteiger partial charge >= 0.3 is 0 Å². The highest BCUT2D eigenvalue weighted by Gasteiger charge is 2.15. The molecule has 110 valence electrons. The zero-order chi connectivity index (χ0) is 15.5. The van der Waals surface area contributed by atoms with Crippen LogP contribution in [0.15, 0.2) is 48.5 Å². The third kappa shape index (κ3) is 4.18. The monoisotopic (exact) mass is 314 g/mol. The number of benzene rings is 2. The first-order valence-electron chi connectivity index (χ1n) is 5.84. The molecule has 0 amide bonds. The molecule has 0 aliphatic rings. The van der Waals surface area contributed by atoms with Gasteiger partial charge in [0.2, 0.25) is 10.0 Å². The van der Waals surface area contributed by atoms with Crippen LogP contribution < -0.4 is 9.46 Å². The smallest absolute Gasteiger partial charge is 0.273 e. The lowest BCUT2D eigenvalue weighted by Crippen LogP contribution is -2.10. The first kappa shape index (κ1) is 14.8. The molecule has 2 aromatic rings. The Morgan fingerprint density at radius 3 is 2.38 bits per heavy atom. The van der Waals surface area contributed by atoms with Crippen LogP contribution in [-0.4, -0.2) is 19.6 Å². The van der Waals surface area contributed by atoms with Crippen molar-refractivity contribution in [3.8, 4) is 11.5 Å². The van der Waals surface area contributed by atoms with E-state index in [9.17, 15) is 18.5 Å². The minimum Gasteiger partial charge on any atom is -0.455 e. The van der Waals surface area contributed by atoms with Gasteiger partial charge in [0.15, 0.2) is 5.75 Å². The summed E-state index contributed by atoms with van der Waals surface area (Å²) in [6.07, 6.45) is 0.987. The summed E-state index contributed by atoms with van der Waals surface area (Å²) in [6, 6.07) is 12.2. The molecule has 0 spiro atoms. The van der Waals surface area contributed by atoms with Crippen molar-refractivity contribution in [3.63, 3.8) is 0 Å². The number of hydrogen-bond acceptors (Lipinski definition) is 5. The number of nitrogens with one attached hydrogen (secondary N) is 1. The number of non-ortho nitro benzene ring substituents is 1. The third-order valence-corrected chi connectivity index (χ3v) is 3.03. The molecule has 0 bridgehead atoms. The summed E-state index contributed by atoms with van der Waals surface area (Å²) < 4.78 is 30.4. The van der Waals surface area contributed by atoms with E-state index in [1.807, 2.05) is 0 Å². The topological polar surface area (TPSA) is 98.5 Å². The van der Waals surface area contributed by atoms with Crippen LogP contribution in [0, 0.1) is 10.1 Å². The molecule has 2 rings (SSSR count). The zero-order valence-corrected chi connectivity index (χ0v) is 11.8. The van der Waals surface area contributed by atoms with Crippen molar-refractivity contribution in [1.29, 1.82) is 0 Å². The Morgan fingerprint density at radius 2 is 1.81 bits per heavy atom. The Morgan fingerprint density at radius 1 is 1.14 bits per heavy atom. The van der Waals surface area contributed by atoms with Crippen LogP contribution in [0.1, 0.15) is 0 Å². The number of sulfonamides is 1. The van der Waals surface area contributed by atoms with Crippen LogP contribution in [0.2, 0.25) is 0 Å². The Bertz CT molecular complexity index is 759. The van der Waals surface area contributed by atoms with E-state index in [4.69, 9.17) is 4.74 Å². The molecule has 0 atom stereocenters. The number of rotatable bonds is 5. The summed E-state index contributed by atoms with van der Waals surface area (Å²) in [5, 5.41) is 10.8. The highest BCUT2D eigenvalue weighted by molar-refractivity contribution is 7.92. The van der Waals surface area contributed by atoms with E-state index in [-0.39, 0.29) is 17.1 Å². The number of nitro groups is 1. The third-order valence-electron chi connectivity index (χ3n) is 2.44. The lowest BCUT2D eigenvalue weighted by atomic mass is 10.2. The van der Waals surface area contributed by atoms with Gasteiger partial charge in [-0.25, -0.2) is 8.42 Å².